The van der Waals surface area contributed by atoms with Crippen molar-refractivity contribution in [1.29, 1.82) is 0 Å². The number of fused-ring (bicyclic) bond motifs is 1. The van der Waals surface area contributed by atoms with E-state index in [0.29, 0.717) is 10.8 Å². The van der Waals surface area contributed by atoms with Gasteiger partial charge in [0.2, 0.25) is 0 Å². The lowest BCUT2D eigenvalue weighted by molar-refractivity contribution is -0.124. The van der Waals surface area contributed by atoms with Gasteiger partial charge in [-0.2, -0.15) is 0 Å². The van der Waals surface area contributed by atoms with Crippen molar-refractivity contribution in [2.24, 2.45) is 34.5 Å². The largest absolute Gasteiger partial charge is 0.0651 e. The van der Waals surface area contributed by atoms with Gasteiger partial charge in [0, 0.05) is 0 Å². The molecule has 2 aliphatic carbocycles. The fraction of sp³-hybridized carbons (Fsp3) is 1.00. The molecule has 0 N–H and O–H groups in total. The summed E-state index contributed by atoms with van der Waals surface area (Å²) < 4.78 is 0. The van der Waals surface area contributed by atoms with Gasteiger partial charge in [0.05, 0.1) is 0 Å². The van der Waals surface area contributed by atoms with Gasteiger partial charge in [0.25, 0.3) is 0 Å². The number of hydrogen-bond donors (Lipinski definition) is 0. The highest BCUT2D eigenvalue weighted by atomic mass is 14.6. The van der Waals surface area contributed by atoms with Gasteiger partial charge in [-0.15, -0.1) is 0 Å². The van der Waals surface area contributed by atoms with Gasteiger partial charge in [-0.05, 0) is 53.8 Å². The van der Waals surface area contributed by atoms with E-state index >= 15 is 0 Å². The van der Waals surface area contributed by atoms with E-state index in [-0.39, 0.29) is 0 Å². The highest BCUT2D eigenvalue weighted by Gasteiger charge is 2.55. The molecule has 0 saturated heterocycles. The van der Waals surface area contributed by atoms with Gasteiger partial charge in [0.1, 0.15) is 0 Å². The van der Waals surface area contributed by atoms with E-state index < -0.39 is 0 Å². The Hall–Kier alpha value is 0. The Labute approximate surface area is 109 Å². The Morgan fingerprint density at radius 2 is 1.65 bits per heavy atom. The van der Waals surface area contributed by atoms with Gasteiger partial charge in [-0.1, -0.05) is 54.4 Å². The Morgan fingerprint density at radius 1 is 1.00 bits per heavy atom. The maximum Gasteiger partial charge on any atom is -0.0259 e. The lowest BCUT2D eigenvalue weighted by atomic mass is 9.44. The van der Waals surface area contributed by atoms with Crippen LogP contribution in [0.4, 0.5) is 0 Å². The van der Waals surface area contributed by atoms with Crippen molar-refractivity contribution < 1.29 is 0 Å². The molecular formula is C17H32. The molecule has 100 valence electrons. The molecule has 5 atom stereocenters. The van der Waals surface area contributed by atoms with Crippen LogP contribution in [0.15, 0.2) is 0 Å². The SMILES string of the molecule is CCC1C(C)CC(C)C2C(C)(C)CCCC12C. The molecular weight excluding hydrogens is 204 g/mol. The lowest BCUT2D eigenvalue weighted by Crippen LogP contribution is -2.54. The predicted molar refractivity (Wildman–Crippen MR) is 76.0 cm³/mol. The highest BCUT2D eigenvalue weighted by Crippen LogP contribution is 2.63. The second-order valence-corrected chi connectivity index (χ2v) is 8.03. The van der Waals surface area contributed by atoms with Crippen LogP contribution in [0, 0.1) is 34.5 Å². The second kappa shape index (κ2) is 4.28. The maximum atomic E-state index is 2.62. The smallest absolute Gasteiger partial charge is 0.0259 e. The lowest BCUT2D eigenvalue weighted by Gasteiger charge is -2.61. The molecule has 5 unspecified atom stereocenters. The first-order chi connectivity index (χ1) is 7.83. The van der Waals surface area contributed by atoms with E-state index in [2.05, 4.69) is 41.5 Å². The molecule has 0 heterocycles. The summed E-state index contributed by atoms with van der Waals surface area (Å²) in [6.07, 6.45) is 7.23. The first-order valence-electron chi connectivity index (χ1n) is 7.83. The summed E-state index contributed by atoms with van der Waals surface area (Å²) >= 11 is 0. The predicted octanol–water partition coefficient (Wildman–Crippen LogP) is 5.52. The summed E-state index contributed by atoms with van der Waals surface area (Å²) in [5.74, 6) is 3.77. The molecule has 0 heteroatoms. The molecule has 2 saturated carbocycles. The van der Waals surface area contributed by atoms with Crippen LogP contribution in [0.1, 0.15) is 73.6 Å². The van der Waals surface area contributed by atoms with Crippen molar-refractivity contribution in [2.75, 3.05) is 0 Å². The molecule has 0 nitrogen and oxygen atoms in total. The van der Waals surface area contributed by atoms with Crippen molar-refractivity contribution in [1.82, 2.24) is 0 Å². The first kappa shape index (κ1) is 13.4. The third kappa shape index (κ3) is 1.96. The van der Waals surface area contributed by atoms with Crippen molar-refractivity contribution in [3.8, 4) is 0 Å². The molecule has 0 bridgehead atoms. The van der Waals surface area contributed by atoms with Gasteiger partial charge in [-0.25, -0.2) is 0 Å². The van der Waals surface area contributed by atoms with Crippen LogP contribution in [-0.4, -0.2) is 0 Å². The molecule has 0 aromatic heterocycles. The Bertz CT molecular complexity index is 278. The quantitative estimate of drug-likeness (QED) is 0.562. The van der Waals surface area contributed by atoms with E-state index in [0.717, 1.165) is 23.7 Å². The average Bonchev–Trinajstić information content (AvgIpc) is 2.14. The van der Waals surface area contributed by atoms with Crippen LogP contribution in [-0.2, 0) is 0 Å². The van der Waals surface area contributed by atoms with Crippen molar-refractivity contribution in [2.45, 2.75) is 73.6 Å². The third-order valence-corrected chi connectivity index (χ3v) is 6.38. The minimum atomic E-state index is 0.569. The Morgan fingerprint density at radius 3 is 2.24 bits per heavy atom. The number of rotatable bonds is 1. The van der Waals surface area contributed by atoms with E-state index in [1.54, 1.807) is 0 Å². The van der Waals surface area contributed by atoms with Crippen LogP contribution in [0.2, 0.25) is 0 Å². The van der Waals surface area contributed by atoms with Crippen LogP contribution < -0.4 is 0 Å². The zero-order chi connectivity index (χ0) is 12.8. The fourth-order valence-electron chi connectivity index (χ4n) is 6.37. The summed E-state index contributed by atoms with van der Waals surface area (Å²) in [6.45, 7) is 15.1. The molecule has 0 aromatic carbocycles. The molecule has 0 radical (unpaired) electrons. The summed E-state index contributed by atoms with van der Waals surface area (Å²) in [4.78, 5) is 0. The summed E-state index contributed by atoms with van der Waals surface area (Å²) in [5, 5.41) is 0. The summed E-state index contributed by atoms with van der Waals surface area (Å²) in [6, 6.07) is 0. The van der Waals surface area contributed by atoms with Gasteiger partial charge >= 0.3 is 0 Å². The molecule has 0 spiro atoms. The molecule has 0 aromatic rings. The molecule has 2 aliphatic rings. The summed E-state index contributed by atoms with van der Waals surface area (Å²) in [5.41, 5.74) is 1.19. The average molecular weight is 236 g/mol. The standard InChI is InChI=1S/C17H32/c1-7-14-12(2)11-13(3)15-16(4,5)9-8-10-17(14,15)6/h12-15H,7-11H2,1-6H3. The molecule has 2 fully saturated rings. The van der Waals surface area contributed by atoms with Crippen LogP contribution in [0.25, 0.3) is 0 Å². The van der Waals surface area contributed by atoms with E-state index in [1.165, 1.54) is 32.1 Å². The van der Waals surface area contributed by atoms with Crippen molar-refractivity contribution >= 4 is 0 Å². The summed E-state index contributed by atoms with van der Waals surface area (Å²) in [7, 11) is 0. The molecule has 2 rings (SSSR count). The van der Waals surface area contributed by atoms with E-state index in [4.69, 9.17) is 0 Å². The monoisotopic (exact) mass is 236 g/mol. The first-order valence-corrected chi connectivity index (χ1v) is 7.83. The van der Waals surface area contributed by atoms with Crippen LogP contribution >= 0.6 is 0 Å². The van der Waals surface area contributed by atoms with E-state index in [9.17, 15) is 0 Å². The van der Waals surface area contributed by atoms with E-state index in [1.807, 2.05) is 0 Å². The third-order valence-electron chi connectivity index (χ3n) is 6.38. The highest BCUT2D eigenvalue weighted by molar-refractivity contribution is 5.04. The van der Waals surface area contributed by atoms with Gasteiger partial charge in [-0.3, -0.25) is 0 Å². The van der Waals surface area contributed by atoms with Gasteiger partial charge in [0.15, 0.2) is 0 Å². The van der Waals surface area contributed by atoms with Crippen molar-refractivity contribution in [3.05, 3.63) is 0 Å². The Balaban J connectivity index is 2.38. The molecule has 17 heavy (non-hydrogen) atoms. The van der Waals surface area contributed by atoms with Crippen LogP contribution in [0.3, 0.4) is 0 Å². The topological polar surface area (TPSA) is 0 Å². The zero-order valence-corrected chi connectivity index (χ0v) is 12.8. The van der Waals surface area contributed by atoms with Crippen LogP contribution in [0.5, 0.6) is 0 Å². The Kier molecular flexibility index (Phi) is 3.38. The second-order valence-electron chi connectivity index (χ2n) is 8.03. The van der Waals surface area contributed by atoms with Crippen molar-refractivity contribution in [3.63, 3.8) is 0 Å². The minimum absolute atomic E-state index is 0.569. The fourth-order valence-corrected chi connectivity index (χ4v) is 6.37. The normalized spacial score (nSPS) is 49.8. The molecule has 0 aliphatic heterocycles. The number of hydrogen-bond acceptors (Lipinski definition) is 0. The minimum Gasteiger partial charge on any atom is -0.0651 e. The van der Waals surface area contributed by atoms with Gasteiger partial charge < -0.3 is 0 Å². The zero-order valence-electron chi connectivity index (χ0n) is 12.8. The maximum absolute atomic E-state index is 2.62. The molecule has 0 amide bonds.